The van der Waals surface area contributed by atoms with Crippen LogP contribution in [0.15, 0.2) is 84.6 Å². The van der Waals surface area contributed by atoms with Crippen LogP contribution >= 0.6 is 11.3 Å². The smallest absolute Gasteiger partial charge is 0.0634 e. The molecule has 0 aliphatic rings. The van der Waals surface area contributed by atoms with E-state index in [-0.39, 0.29) is 0 Å². The fraction of sp³-hybridized carbons (Fsp3) is 0. The normalized spacial score (nSPS) is 10.7. The molecule has 0 amide bonds. The Balaban J connectivity index is 1.91. The maximum Gasteiger partial charge on any atom is 0.0634 e. The third kappa shape index (κ3) is 2.36. The summed E-state index contributed by atoms with van der Waals surface area (Å²) in [6, 6.07) is 21.0. The zero-order valence-corrected chi connectivity index (χ0v) is 12.7. The van der Waals surface area contributed by atoms with E-state index in [0.717, 1.165) is 0 Å². The van der Waals surface area contributed by atoms with Gasteiger partial charge in [-0.15, -0.1) is 11.3 Å². The standard InChI is InChI=1S/C19H14N2S/c1-2-5-17(6-3-1)21-14-16(15-8-10-20-11-9-15)13-18(21)19-7-4-12-22-19/h1-14H. The molecule has 0 atom stereocenters. The second-order valence-electron chi connectivity index (χ2n) is 5.03. The molecule has 22 heavy (non-hydrogen) atoms. The van der Waals surface area contributed by atoms with Crippen LogP contribution in [0.25, 0.3) is 27.4 Å². The predicted octanol–water partition coefficient (Wildman–Crippen LogP) is 5.27. The van der Waals surface area contributed by atoms with E-state index in [2.05, 4.69) is 63.6 Å². The summed E-state index contributed by atoms with van der Waals surface area (Å²) in [4.78, 5) is 5.37. The number of nitrogens with zero attached hydrogens (tertiary/aromatic N) is 2. The van der Waals surface area contributed by atoms with Crippen molar-refractivity contribution in [2.24, 2.45) is 0 Å². The maximum absolute atomic E-state index is 4.10. The van der Waals surface area contributed by atoms with Crippen molar-refractivity contribution < 1.29 is 0 Å². The molecule has 1 aromatic carbocycles. The van der Waals surface area contributed by atoms with Crippen molar-refractivity contribution in [3.63, 3.8) is 0 Å². The Bertz CT molecular complexity index is 862. The van der Waals surface area contributed by atoms with Crippen molar-refractivity contribution in [2.45, 2.75) is 0 Å². The van der Waals surface area contributed by atoms with Crippen molar-refractivity contribution in [1.29, 1.82) is 0 Å². The molecule has 0 N–H and O–H groups in total. The van der Waals surface area contributed by atoms with E-state index in [0.29, 0.717) is 0 Å². The molecule has 4 aromatic rings. The molecule has 3 heterocycles. The number of para-hydroxylation sites is 1. The molecule has 0 fully saturated rings. The van der Waals surface area contributed by atoms with Gasteiger partial charge in [0.25, 0.3) is 0 Å². The van der Waals surface area contributed by atoms with E-state index in [9.17, 15) is 0 Å². The molecule has 4 rings (SSSR count). The Labute approximate surface area is 133 Å². The van der Waals surface area contributed by atoms with E-state index in [4.69, 9.17) is 0 Å². The summed E-state index contributed by atoms with van der Waals surface area (Å²) in [5.74, 6) is 0. The van der Waals surface area contributed by atoms with E-state index < -0.39 is 0 Å². The third-order valence-electron chi connectivity index (χ3n) is 3.64. The van der Waals surface area contributed by atoms with Gasteiger partial charge in [-0.3, -0.25) is 4.98 Å². The van der Waals surface area contributed by atoms with Gasteiger partial charge in [0.2, 0.25) is 0 Å². The first-order valence-electron chi connectivity index (χ1n) is 7.14. The second-order valence-corrected chi connectivity index (χ2v) is 5.98. The Morgan fingerprint density at radius 2 is 1.64 bits per heavy atom. The van der Waals surface area contributed by atoms with E-state index in [1.165, 1.54) is 27.4 Å². The average molecular weight is 302 g/mol. The number of rotatable bonds is 3. The monoisotopic (exact) mass is 302 g/mol. The highest BCUT2D eigenvalue weighted by Gasteiger charge is 2.11. The Morgan fingerprint density at radius 1 is 0.818 bits per heavy atom. The van der Waals surface area contributed by atoms with Crippen LogP contribution in [0, 0.1) is 0 Å². The van der Waals surface area contributed by atoms with Gasteiger partial charge < -0.3 is 4.57 Å². The number of hydrogen-bond donors (Lipinski definition) is 0. The third-order valence-corrected chi connectivity index (χ3v) is 4.53. The van der Waals surface area contributed by atoms with Crippen molar-refractivity contribution in [2.75, 3.05) is 0 Å². The highest BCUT2D eigenvalue weighted by Crippen LogP contribution is 2.33. The number of pyridine rings is 1. The van der Waals surface area contributed by atoms with Crippen LogP contribution in [-0.4, -0.2) is 9.55 Å². The van der Waals surface area contributed by atoms with Crippen LogP contribution in [-0.2, 0) is 0 Å². The van der Waals surface area contributed by atoms with Crippen LogP contribution in [0.5, 0.6) is 0 Å². The molecule has 3 heteroatoms. The van der Waals surface area contributed by atoms with Gasteiger partial charge in [0.1, 0.15) is 0 Å². The summed E-state index contributed by atoms with van der Waals surface area (Å²) in [5, 5.41) is 2.11. The predicted molar refractivity (Wildman–Crippen MR) is 92.3 cm³/mol. The minimum absolute atomic E-state index is 1.17. The fourth-order valence-electron chi connectivity index (χ4n) is 2.58. The molecule has 2 nitrogen and oxygen atoms in total. The van der Waals surface area contributed by atoms with E-state index in [1.54, 1.807) is 11.3 Å². The SMILES string of the molecule is c1ccc(-n2cc(-c3ccncc3)cc2-c2cccs2)cc1. The highest BCUT2D eigenvalue weighted by atomic mass is 32.1. The summed E-state index contributed by atoms with van der Waals surface area (Å²) >= 11 is 1.76. The highest BCUT2D eigenvalue weighted by molar-refractivity contribution is 7.13. The summed E-state index contributed by atoms with van der Waals surface area (Å²) in [5.41, 5.74) is 4.77. The van der Waals surface area contributed by atoms with Crippen molar-refractivity contribution in [3.05, 3.63) is 84.6 Å². The summed E-state index contributed by atoms with van der Waals surface area (Å²) in [6.45, 7) is 0. The van der Waals surface area contributed by atoms with Crippen LogP contribution in [0.2, 0.25) is 0 Å². The van der Waals surface area contributed by atoms with Crippen molar-refractivity contribution >= 4 is 11.3 Å². The molecule has 3 aromatic heterocycles. The topological polar surface area (TPSA) is 17.8 Å². The summed E-state index contributed by atoms with van der Waals surface area (Å²) in [7, 11) is 0. The van der Waals surface area contributed by atoms with E-state index in [1.807, 2.05) is 30.6 Å². The lowest BCUT2D eigenvalue weighted by atomic mass is 10.1. The molecule has 0 spiro atoms. The first kappa shape index (κ1) is 13.0. The van der Waals surface area contributed by atoms with Gasteiger partial charge in [0, 0.05) is 29.8 Å². The molecular weight excluding hydrogens is 288 g/mol. The van der Waals surface area contributed by atoms with Crippen LogP contribution < -0.4 is 0 Å². The first-order valence-corrected chi connectivity index (χ1v) is 8.02. The summed E-state index contributed by atoms with van der Waals surface area (Å²) < 4.78 is 2.25. The van der Waals surface area contributed by atoms with Gasteiger partial charge in [-0.05, 0) is 47.3 Å². The summed E-state index contributed by atoms with van der Waals surface area (Å²) in [6.07, 6.45) is 5.86. The molecular formula is C19H14N2S. The number of hydrogen-bond acceptors (Lipinski definition) is 2. The van der Waals surface area contributed by atoms with Crippen LogP contribution in [0.3, 0.4) is 0 Å². The van der Waals surface area contributed by atoms with Crippen molar-refractivity contribution in [1.82, 2.24) is 9.55 Å². The average Bonchev–Trinajstić information content (AvgIpc) is 3.26. The lowest BCUT2D eigenvalue weighted by Crippen LogP contribution is -1.93. The Hall–Kier alpha value is -2.65. The fourth-order valence-corrected chi connectivity index (χ4v) is 3.32. The molecule has 0 saturated heterocycles. The number of benzene rings is 1. The second kappa shape index (κ2) is 5.62. The van der Waals surface area contributed by atoms with E-state index >= 15 is 0 Å². The molecule has 0 radical (unpaired) electrons. The van der Waals surface area contributed by atoms with Gasteiger partial charge in [-0.25, -0.2) is 0 Å². The largest absolute Gasteiger partial charge is 0.315 e. The minimum atomic E-state index is 1.17. The molecule has 0 bridgehead atoms. The van der Waals surface area contributed by atoms with Crippen molar-refractivity contribution in [3.8, 4) is 27.4 Å². The van der Waals surface area contributed by atoms with Gasteiger partial charge in [-0.1, -0.05) is 24.3 Å². The lowest BCUT2D eigenvalue weighted by molar-refractivity contribution is 1.09. The van der Waals surface area contributed by atoms with Crippen LogP contribution in [0.4, 0.5) is 0 Å². The Kier molecular flexibility index (Phi) is 3.33. The first-order chi connectivity index (χ1) is 10.9. The maximum atomic E-state index is 4.10. The molecule has 0 unspecified atom stereocenters. The van der Waals surface area contributed by atoms with Crippen LogP contribution in [0.1, 0.15) is 0 Å². The molecule has 0 saturated carbocycles. The number of aromatic nitrogens is 2. The molecule has 0 aliphatic heterocycles. The number of thiophene rings is 1. The van der Waals surface area contributed by atoms with Gasteiger partial charge in [-0.2, -0.15) is 0 Å². The van der Waals surface area contributed by atoms with Gasteiger partial charge in [0.15, 0.2) is 0 Å². The Morgan fingerprint density at radius 3 is 2.36 bits per heavy atom. The molecule has 106 valence electrons. The zero-order valence-electron chi connectivity index (χ0n) is 11.9. The van der Waals surface area contributed by atoms with Gasteiger partial charge >= 0.3 is 0 Å². The lowest BCUT2D eigenvalue weighted by Gasteiger charge is -2.07. The van der Waals surface area contributed by atoms with Gasteiger partial charge in [0.05, 0.1) is 10.6 Å². The quantitative estimate of drug-likeness (QED) is 0.504. The minimum Gasteiger partial charge on any atom is -0.315 e. The zero-order chi connectivity index (χ0) is 14.8. The molecule has 0 aliphatic carbocycles.